The highest BCUT2D eigenvalue weighted by Crippen LogP contribution is 2.47. The smallest absolute Gasteiger partial charge is 0.0494 e. The molecular formula is C43H34N2. The molecule has 1 aliphatic heterocycles. The molecule has 0 radical (unpaired) electrons. The van der Waals surface area contributed by atoms with Gasteiger partial charge in [-0.15, -0.1) is 0 Å². The number of aryl methyl sites for hydroxylation is 1. The number of aromatic nitrogens is 1. The van der Waals surface area contributed by atoms with Crippen LogP contribution in [0.5, 0.6) is 0 Å². The Morgan fingerprint density at radius 2 is 1.42 bits per heavy atom. The second-order valence-corrected chi connectivity index (χ2v) is 11.8. The summed E-state index contributed by atoms with van der Waals surface area (Å²) in [6.45, 7) is 7.85. The van der Waals surface area contributed by atoms with Crippen molar-refractivity contribution >= 4 is 39.1 Å². The standard InChI is InChI=1S/C43H34N2/c1-3-4-21-40-30(2)43-39-29-44(35-24-23-31-14-8-9-17-33(31)27-35)41-22-13-12-20-38(41)37(39)25-26-42(43)45(40)28-34-18-10-11-19-36(34)32-15-6-5-7-16-32/h3-27H,1,28-29H2,2H3/b21-4-. The van der Waals surface area contributed by atoms with Crippen LogP contribution in [0.3, 0.4) is 0 Å². The molecule has 0 N–H and O–H groups in total. The second-order valence-electron chi connectivity index (χ2n) is 11.8. The lowest BCUT2D eigenvalue weighted by molar-refractivity contribution is 0.826. The first kappa shape index (κ1) is 27.0. The van der Waals surface area contributed by atoms with Crippen molar-refractivity contribution in [1.82, 2.24) is 4.57 Å². The molecule has 0 fully saturated rings. The third-order valence-electron chi connectivity index (χ3n) is 9.30. The number of nitrogens with zero attached hydrogens (tertiary/aromatic N) is 2. The maximum absolute atomic E-state index is 3.98. The molecule has 2 nitrogen and oxygen atoms in total. The molecule has 1 aromatic heterocycles. The highest BCUT2D eigenvalue weighted by Gasteiger charge is 2.27. The number of hydrogen-bond acceptors (Lipinski definition) is 1. The maximum atomic E-state index is 3.98. The molecule has 1 aliphatic rings. The van der Waals surface area contributed by atoms with Crippen LogP contribution in [0.2, 0.25) is 0 Å². The predicted molar refractivity (Wildman–Crippen MR) is 192 cm³/mol. The van der Waals surface area contributed by atoms with E-state index in [9.17, 15) is 0 Å². The lowest BCUT2D eigenvalue weighted by Crippen LogP contribution is -2.21. The van der Waals surface area contributed by atoms with Gasteiger partial charge in [0.2, 0.25) is 0 Å². The Balaban J connectivity index is 1.33. The van der Waals surface area contributed by atoms with Gasteiger partial charge in [0.05, 0.1) is 0 Å². The van der Waals surface area contributed by atoms with E-state index in [-0.39, 0.29) is 0 Å². The molecule has 2 heteroatoms. The van der Waals surface area contributed by atoms with E-state index >= 15 is 0 Å². The fourth-order valence-corrected chi connectivity index (χ4v) is 7.18. The molecule has 0 saturated heterocycles. The molecule has 7 aromatic rings. The minimum Gasteiger partial charge on any atom is -0.336 e. The fraction of sp³-hybridized carbons (Fsp3) is 0.0698. The Labute approximate surface area is 264 Å². The van der Waals surface area contributed by atoms with Crippen molar-refractivity contribution < 1.29 is 0 Å². The zero-order chi connectivity index (χ0) is 30.3. The zero-order valence-corrected chi connectivity index (χ0v) is 25.4. The van der Waals surface area contributed by atoms with Gasteiger partial charge in [0.15, 0.2) is 0 Å². The molecule has 2 heterocycles. The summed E-state index contributed by atoms with van der Waals surface area (Å²) in [6, 6.07) is 48.5. The average Bonchev–Trinajstić information content (AvgIpc) is 3.37. The number of rotatable bonds is 6. The molecule has 45 heavy (non-hydrogen) atoms. The molecule has 216 valence electrons. The van der Waals surface area contributed by atoms with Crippen molar-refractivity contribution in [2.24, 2.45) is 0 Å². The Morgan fingerprint density at radius 3 is 2.27 bits per heavy atom. The van der Waals surface area contributed by atoms with Gasteiger partial charge in [-0.1, -0.05) is 128 Å². The van der Waals surface area contributed by atoms with E-state index < -0.39 is 0 Å². The summed E-state index contributed by atoms with van der Waals surface area (Å²) in [4.78, 5) is 2.49. The van der Waals surface area contributed by atoms with Crippen LogP contribution in [0.15, 0.2) is 152 Å². The molecule has 0 bridgehead atoms. The van der Waals surface area contributed by atoms with Gasteiger partial charge in [-0.05, 0) is 81.4 Å². The number of anilines is 2. The Hall–Kier alpha value is -5.60. The summed E-state index contributed by atoms with van der Waals surface area (Å²) in [5.74, 6) is 0. The predicted octanol–water partition coefficient (Wildman–Crippen LogP) is 11.3. The Bertz CT molecular complexity index is 2250. The van der Waals surface area contributed by atoms with E-state index in [1.165, 1.54) is 77.7 Å². The van der Waals surface area contributed by atoms with E-state index in [0.717, 1.165) is 13.1 Å². The Kier molecular flexibility index (Phi) is 6.69. The second kappa shape index (κ2) is 11.2. The summed E-state index contributed by atoms with van der Waals surface area (Å²) >= 11 is 0. The van der Waals surface area contributed by atoms with E-state index in [4.69, 9.17) is 0 Å². The first-order valence-corrected chi connectivity index (χ1v) is 15.6. The summed E-state index contributed by atoms with van der Waals surface area (Å²) < 4.78 is 2.49. The van der Waals surface area contributed by atoms with Crippen LogP contribution >= 0.6 is 0 Å². The monoisotopic (exact) mass is 578 g/mol. The van der Waals surface area contributed by atoms with Crippen molar-refractivity contribution in [2.45, 2.75) is 20.0 Å². The lowest BCUT2D eigenvalue weighted by atomic mass is 9.89. The van der Waals surface area contributed by atoms with Crippen LogP contribution in [-0.2, 0) is 13.1 Å². The molecule has 0 saturated carbocycles. The maximum Gasteiger partial charge on any atom is 0.0494 e. The fourth-order valence-electron chi connectivity index (χ4n) is 7.18. The van der Waals surface area contributed by atoms with Crippen LogP contribution in [-0.4, -0.2) is 4.57 Å². The van der Waals surface area contributed by atoms with Gasteiger partial charge < -0.3 is 9.47 Å². The molecule has 8 rings (SSSR count). The van der Waals surface area contributed by atoms with Crippen molar-refractivity contribution in [3.63, 3.8) is 0 Å². The summed E-state index contributed by atoms with van der Waals surface area (Å²) in [5.41, 5.74) is 14.0. The molecule has 0 aliphatic carbocycles. The van der Waals surface area contributed by atoms with Crippen molar-refractivity contribution in [3.05, 3.63) is 175 Å². The van der Waals surface area contributed by atoms with E-state index in [2.05, 4.69) is 169 Å². The molecule has 0 unspecified atom stereocenters. The van der Waals surface area contributed by atoms with E-state index in [1.807, 2.05) is 6.08 Å². The van der Waals surface area contributed by atoms with Gasteiger partial charge >= 0.3 is 0 Å². The minimum atomic E-state index is 0.774. The highest BCUT2D eigenvalue weighted by atomic mass is 15.1. The first-order valence-electron chi connectivity index (χ1n) is 15.6. The van der Waals surface area contributed by atoms with Gasteiger partial charge in [0.1, 0.15) is 0 Å². The third kappa shape index (κ3) is 4.58. The molecular weight excluding hydrogens is 544 g/mol. The van der Waals surface area contributed by atoms with Gasteiger partial charge in [0, 0.05) is 46.6 Å². The van der Waals surface area contributed by atoms with Crippen LogP contribution in [0.25, 0.3) is 50.0 Å². The van der Waals surface area contributed by atoms with Crippen LogP contribution in [0, 0.1) is 6.92 Å². The quantitative estimate of drug-likeness (QED) is 0.178. The van der Waals surface area contributed by atoms with Gasteiger partial charge in [-0.3, -0.25) is 0 Å². The van der Waals surface area contributed by atoms with Gasteiger partial charge in [0.25, 0.3) is 0 Å². The molecule has 0 amide bonds. The third-order valence-corrected chi connectivity index (χ3v) is 9.30. The summed E-state index contributed by atoms with van der Waals surface area (Å²) in [7, 11) is 0. The molecule has 6 aromatic carbocycles. The molecule has 0 spiro atoms. The number of fused-ring (bicyclic) bond motifs is 6. The lowest BCUT2D eigenvalue weighted by Gasteiger charge is -2.34. The van der Waals surface area contributed by atoms with Crippen LogP contribution in [0.4, 0.5) is 11.4 Å². The summed E-state index contributed by atoms with van der Waals surface area (Å²) in [6.07, 6.45) is 6.15. The molecule has 0 atom stereocenters. The van der Waals surface area contributed by atoms with Crippen LogP contribution < -0.4 is 4.90 Å². The van der Waals surface area contributed by atoms with E-state index in [0.29, 0.717) is 0 Å². The highest BCUT2D eigenvalue weighted by molar-refractivity contribution is 6.00. The number of hydrogen-bond donors (Lipinski definition) is 0. The SMILES string of the molecule is C=C/C=C\c1c(C)c2c3c(ccc2n1Cc1ccccc1-c1ccccc1)-c1ccccc1N(c1ccc2ccccc2c1)C3. The minimum absolute atomic E-state index is 0.774. The van der Waals surface area contributed by atoms with Gasteiger partial charge in [-0.2, -0.15) is 0 Å². The summed E-state index contributed by atoms with van der Waals surface area (Å²) in [5, 5.41) is 3.86. The zero-order valence-electron chi connectivity index (χ0n) is 25.4. The topological polar surface area (TPSA) is 8.17 Å². The normalized spacial score (nSPS) is 12.5. The van der Waals surface area contributed by atoms with E-state index in [1.54, 1.807) is 0 Å². The number of benzene rings is 6. The first-order chi connectivity index (χ1) is 22.2. The van der Waals surface area contributed by atoms with Crippen molar-refractivity contribution in [3.8, 4) is 22.3 Å². The number of para-hydroxylation sites is 1. The van der Waals surface area contributed by atoms with Crippen LogP contribution in [0.1, 0.15) is 22.4 Å². The van der Waals surface area contributed by atoms with Gasteiger partial charge in [-0.25, -0.2) is 0 Å². The van der Waals surface area contributed by atoms with Crippen molar-refractivity contribution in [2.75, 3.05) is 4.90 Å². The Morgan fingerprint density at radius 1 is 0.689 bits per heavy atom. The van der Waals surface area contributed by atoms with Crippen molar-refractivity contribution in [1.29, 1.82) is 0 Å². The average molecular weight is 579 g/mol. The largest absolute Gasteiger partial charge is 0.336 e. The number of allylic oxidation sites excluding steroid dienone is 2.